The van der Waals surface area contributed by atoms with Crippen molar-refractivity contribution >= 4 is 15.7 Å². The molecule has 1 aromatic rings. The van der Waals surface area contributed by atoms with Crippen molar-refractivity contribution in [1.82, 2.24) is 0 Å². The summed E-state index contributed by atoms with van der Waals surface area (Å²) < 4.78 is 33.6. The van der Waals surface area contributed by atoms with Gasteiger partial charge in [0.1, 0.15) is 16.7 Å². The zero-order valence-electron chi connectivity index (χ0n) is 9.83. The van der Waals surface area contributed by atoms with Crippen molar-refractivity contribution in [1.29, 1.82) is 0 Å². The van der Waals surface area contributed by atoms with Crippen LogP contribution >= 0.6 is 0 Å². The summed E-state index contributed by atoms with van der Waals surface area (Å²) in [6.45, 7) is 1.28. The predicted molar refractivity (Wildman–Crippen MR) is 66.7 cm³/mol. The minimum Gasteiger partial charge on any atom is -0.488 e. The number of rotatable bonds is 3. The van der Waals surface area contributed by atoms with E-state index in [0.29, 0.717) is 19.0 Å². The van der Waals surface area contributed by atoms with Crippen molar-refractivity contribution in [3.63, 3.8) is 0 Å². The Labute approximate surface area is 106 Å². The molecule has 1 aliphatic heterocycles. The van der Waals surface area contributed by atoms with Gasteiger partial charge in [-0.3, -0.25) is 0 Å². The lowest BCUT2D eigenvalue weighted by atomic mass is 10.1. The van der Waals surface area contributed by atoms with Crippen LogP contribution in [-0.2, 0) is 14.8 Å². The first-order valence-electron chi connectivity index (χ1n) is 5.64. The van der Waals surface area contributed by atoms with Crippen LogP contribution in [0.15, 0.2) is 23.1 Å². The van der Waals surface area contributed by atoms with Gasteiger partial charge in [0.25, 0.3) is 0 Å². The Morgan fingerprint density at radius 2 is 1.94 bits per heavy atom. The molecular weight excluding hydrogens is 256 g/mol. The quantitative estimate of drug-likeness (QED) is 0.778. The van der Waals surface area contributed by atoms with E-state index in [2.05, 4.69) is 0 Å². The van der Waals surface area contributed by atoms with Crippen LogP contribution in [0.5, 0.6) is 5.75 Å². The van der Waals surface area contributed by atoms with Gasteiger partial charge in [-0.25, -0.2) is 13.6 Å². The number of hydrogen-bond donors (Lipinski definition) is 2. The molecule has 1 heterocycles. The van der Waals surface area contributed by atoms with E-state index in [4.69, 9.17) is 20.3 Å². The lowest BCUT2D eigenvalue weighted by Crippen LogP contribution is -2.26. The molecule has 1 aliphatic rings. The molecule has 1 fully saturated rings. The first-order chi connectivity index (χ1) is 8.48. The third kappa shape index (κ3) is 2.92. The molecule has 0 radical (unpaired) electrons. The molecular formula is C11H16N2O4S. The highest BCUT2D eigenvalue weighted by Gasteiger charge is 2.20. The maximum Gasteiger partial charge on any atom is 0.240 e. The minimum absolute atomic E-state index is 0.00298. The topological polar surface area (TPSA) is 105 Å². The average Bonchev–Trinajstić information content (AvgIpc) is 2.32. The molecule has 0 amide bonds. The van der Waals surface area contributed by atoms with Crippen LogP contribution in [0.2, 0.25) is 0 Å². The molecule has 1 saturated heterocycles. The number of primary sulfonamides is 1. The lowest BCUT2D eigenvalue weighted by molar-refractivity contribution is 0.0258. The van der Waals surface area contributed by atoms with Gasteiger partial charge in [-0.15, -0.1) is 0 Å². The number of anilines is 1. The van der Waals surface area contributed by atoms with Crippen molar-refractivity contribution in [3.8, 4) is 5.75 Å². The van der Waals surface area contributed by atoms with Crippen molar-refractivity contribution in [3.05, 3.63) is 18.2 Å². The molecule has 0 aromatic heterocycles. The van der Waals surface area contributed by atoms with Crippen LogP contribution in [-0.4, -0.2) is 27.7 Å². The van der Waals surface area contributed by atoms with Crippen molar-refractivity contribution in [2.75, 3.05) is 18.9 Å². The number of ether oxygens (including phenoxy) is 2. The molecule has 6 nitrogen and oxygen atoms in total. The highest BCUT2D eigenvalue weighted by atomic mass is 32.2. The summed E-state index contributed by atoms with van der Waals surface area (Å²) >= 11 is 0. The highest BCUT2D eigenvalue weighted by molar-refractivity contribution is 7.89. The fourth-order valence-corrected chi connectivity index (χ4v) is 2.52. The van der Waals surface area contributed by atoms with Crippen LogP contribution in [0.4, 0.5) is 5.69 Å². The highest BCUT2D eigenvalue weighted by Crippen LogP contribution is 2.29. The van der Waals surface area contributed by atoms with Gasteiger partial charge in [0.2, 0.25) is 10.0 Å². The average molecular weight is 272 g/mol. The van der Waals surface area contributed by atoms with Gasteiger partial charge in [-0.05, 0) is 12.1 Å². The Hall–Kier alpha value is -1.31. The van der Waals surface area contributed by atoms with E-state index in [0.717, 1.165) is 12.8 Å². The van der Waals surface area contributed by atoms with Crippen LogP contribution in [0.1, 0.15) is 12.8 Å². The second kappa shape index (κ2) is 5.13. The summed E-state index contributed by atoms with van der Waals surface area (Å²) in [7, 11) is -3.83. The van der Waals surface area contributed by atoms with Gasteiger partial charge < -0.3 is 15.2 Å². The summed E-state index contributed by atoms with van der Waals surface area (Å²) in [5.74, 6) is 0.355. The number of nitrogen functional groups attached to an aromatic ring is 1. The van der Waals surface area contributed by atoms with E-state index in [9.17, 15) is 8.42 Å². The van der Waals surface area contributed by atoms with Gasteiger partial charge in [0.05, 0.1) is 18.9 Å². The maximum atomic E-state index is 11.3. The third-order valence-electron chi connectivity index (χ3n) is 2.79. The minimum atomic E-state index is -3.83. The lowest BCUT2D eigenvalue weighted by Gasteiger charge is -2.24. The summed E-state index contributed by atoms with van der Waals surface area (Å²) in [5, 5.41) is 5.08. The Bertz CT molecular complexity index is 524. The second-order valence-electron chi connectivity index (χ2n) is 4.14. The number of para-hydroxylation sites is 1. The number of sulfonamides is 1. The van der Waals surface area contributed by atoms with Crippen LogP contribution < -0.4 is 15.6 Å². The third-order valence-corrected chi connectivity index (χ3v) is 3.76. The summed E-state index contributed by atoms with van der Waals surface area (Å²) in [6.07, 6.45) is 1.52. The number of benzene rings is 1. The van der Waals surface area contributed by atoms with Crippen molar-refractivity contribution < 1.29 is 17.9 Å². The van der Waals surface area contributed by atoms with E-state index in [1.54, 1.807) is 12.1 Å². The molecule has 100 valence electrons. The number of hydrogen-bond acceptors (Lipinski definition) is 5. The first kappa shape index (κ1) is 13.1. The van der Waals surface area contributed by atoms with Gasteiger partial charge in [-0.2, -0.15) is 0 Å². The Kier molecular flexibility index (Phi) is 3.74. The molecule has 1 aromatic carbocycles. The molecule has 0 unspecified atom stereocenters. The molecule has 0 aliphatic carbocycles. The van der Waals surface area contributed by atoms with Crippen LogP contribution in [0.3, 0.4) is 0 Å². The SMILES string of the molecule is Nc1c(OC2CCOCC2)cccc1S(N)(=O)=O. The van der Waals surface area contributed by atoms with Gasteiger partial charge in [0, 0.05) is 12.8 Å². The Morgan fingerprint density at radius 3 is 2.56 bits per heavy atom. The fraction of sp³-hybridized carbons (Fsp3) is 0.455. The molecule has 7 heteroatoms. The summed E-state index contributed by atoms with van der Waals surface area (Å²) in [6, 6.07) is 4.56. The first-order valence-corrected chi connectivity index (χ1v) is 7.19. The van der Waals surface area contributed by atoms with E-state index in [1.807, 2.05) is 0 Å². The smallest absolute Gasteiger partial charge is 0.240 e. The van der Waals surface area contributed by atoms with E-state index >= 15 is 0 Å². The van der Waals surface area contributed by atoms with E-state index in [1.165, 1.54) is 6.07 Å². The van der Waals surface area contributed by atoms with E-state index < -0.39 is 10.0 Å². The fourth-order valence-electron chi connectivity index (χ4n) is 1.85. The summed E-state index contributed by atoms with van der Waals surface area (Å²) in [5.41, 5.74) is 5.83. The van der Waals surface area contributed by atoms with Gasteiger partial charge in [0.15, 0.2) is 0 Å². The van der Waals surface area contributed by atoms with Gasteiger partial charge in [-0.1, -0.05) is 6.07 Å². The number of nitrogens with two attached hydrogens (primary N) is 2. The van der Waals surface area contributed by atoms with Crippen LogP contribution in [0, 0.1) is 0 Å². The van der Waals surface area contributed by atoms with Crippen LogP contribution in [0.25, 0.3) is 0 Å². The maximum absolute atomic E-state index is 11.3. The molecule has 0 spiro atoms. The molecule has 2 rings (SSSR count). The van der Waals surface area contributed by atoms with Crippen molar-refractivity contribution in [2.24, 2.45) is 5.14 Å². The van der Waals surface area contributed by atoms with Gasteiger partial charge >= 0.3 is 0 Å². The van der Waals surface area contributed by atoms with Crippen molar-refractivity contribution in [2.45, 2.75) is 23.8 Å². The molecule has 0 atom stereocenters. The zero-order valence-corrected chi connectivity index (χ0v) is 10.7. The zero-order chi connectivity index (χ0) is 13.2. The Balaban J connectivity index is 2.23. The Morgan fingerprint density at radius 1 is 1.28 bits per heavy atom. The largest absolute Gasteiger partial charge is 0.488 e. The normalized spacial score (nSPS) is 17.6. The molecule has 18 heavy (non-hydrogen) atoms. The predicted octanol–water partition coefficient (Wildman–Crippen LogP) is 0.474. The standard InChI is InChI=1S/C11H16N2O4S/c12-11-9(17-8-4-6-16-7-5-8)2-1-3-10(11)18(13,14)15/h1-3,8H,4-7,12H2,(H2,13,14,15). The summed E-state index contributed by atoms with van der Waals surface area (Å²) in [4.78, 5) is -0.105. The van der Waals surface area contributed by atoms with E-state index in [-0.39, 0.29) is 16.7 Å². The molecule has 4 N–H and O–H groups in total. The second-order valence-corrected chi connectivity index (χ2v) is 5.67. The molecule has 0 bridgehead atoms. The monoisotopic (exact) mass is 272 g/mol. The molecule has 0 saturated carbocycles.